The Hall–Kier alpha value is -1.14. The summed E-state index contributed by atoms with van der Waals surface area (Å²) in [6.07, 6.45) is 111. The van der Waals surface area contributed by atoms with Crippen LogP contribution in [0.1, 0.15) is 547 Å². The highest BCUT2D eigenvalue weighted by Crippen LogP contribution is 2.22. The van der Waals surface area contributed by atoms with E-state index in [4.69, 9.17) is 4.74 Å². The van der Waals surface area contributed by atoms with Gasteiger partial charge in [0.15, 0.2) is 0 Å². The van der Waals surface area contributed by atoms with Gasteiger partial charge in [0.1, 0.15) is 0 Å². The third-order valence-corrected chi connectivity index (χ3v) is 22.2. The summed E-state index contributed by atoms with van der Waals surface area (Å²) in [4.78, 5) is 24.7. The van der Waals surface area contributed by atoms with Gasteiger partial charge in [-0.15, -0.1) is 0 Å². The van der Waals surface area contributed by atoms with Crippen molar-refractivity contribution in [1.82, 2.24) is 5.32 Å². The first-order valence-corrected chi connectivity index (χ1v) is 45.8. The highest BCUT2D eigenvalue weighted by atomic mass is 16.5. The third kappa shape index (κ3) is 83.7. The zero-order chi connectivity index (χ0) is 69.8. The quantitative estimate of drug-likeness (QED) is 0.0417. The number of carbonyl (C=O) groups excluding carboxylic acids is 2. The van der Waals surface area contributed by atoms with E-state index in [0.717, 1.165) is 38.5 Å². The van der Waals surface area contributed by atoms with Gasteiger partial charge >= 0.3 is 5.97 Å². The van der Waals surface area contributed by atoms with Crippen LogP contribution in [-0.2, 0) is 14.3 Å². The molecule has 0 heterocycles. The minimum absolute atomic E-state index is 0.0218. The molecule has 0 bridgehead atoms. The predicted octanol–water partition coefficient (Wildman–Crippen LogP) is 30.8. The SMILES string of the molecule is CCCCCCCCCCCCCCCCCCCCCCCCCC(O)C(CO)NC(=O)CCCCCCCCCCCCCCCCCCCCCCCCCCCCCCCCCCCCCCCCCOC(=O)CCCCCCCCCCCCCCCCCCCC. The smallest absolute Gasteiger partial charge is 0.305 e. The number of unbranched alkanes of at least 4 members (excludes halogenated alkanes) is 77. The lowest BCUT2D eigenvalue weighted by Gasteiger charge is -2.22. The van der Waals surface area contributed by atoms with E-state index in [1.54, 1.807) is 0 Å². The summed E-state index contributed by atoms with van der Waals surface area (Å²) in [7, 11) is 0. The number of esters is 1. The molecule has 6 heteroatoms. The summed E-state index contributed by atoms with van der Waals surface area (Å²) in [5.74, 6) is 0.00853. The lowest BCUT2D eigenvalue weighted by molar-refractivity contribution is -0.143. The molecule has 0 spiro atoms. The maximum Gasteiger partial charge on any atom is 0.305 e. The molecule has 0 aliphatic carbocycles. The van der Waals surface area contributed by atoms with E-state index < -0.39 is 12.1 Å². The Labute approximate surface area is 610 Å². The Morgan fingerprint density at radius 1 is 0.247 bits per heavy atom. The molecule has 580 valence electrons. The number of aliphatic hydroxyl groups excluding tert-OH is 2. The van der Waals surface area contributed by atoms with Crippen molar-refractivity contribution in [3.05, 3.63) is 0 Å². The molecule has 2 atom stereocenters. The number of carbonyl (C=O) groups is 2. The molecular weight excluding hydrogens is 1190 g/mol. The van der Waals surface area contributed by atoms with Crippen molar-refractivity contribution in [2.24, 2.45) is 0 Å². The Morgan fingerprint density at radius 3 is 0.629 bits per heavy atom. The molecule has 6 nitrogen and oxygen atoms in total. The van der Waals surface area contributed by atoms with Gasteiger partial charge in [-0.05, 0) is 25.7 Å². The molecule has 0 aliphatic rings. The number of nitrogens with one attached hydrogen (secondary N) is 1. The molecule has 0 aromatic rings. The van der Waals surface area contributed by atoms with Crippen molar-refractivity contribution >= 4 is 11.9 Å². The van der Waals surface area contributed by atoms with Crippen LogP contribution in [0.3, 0.4) is 0 Å². The molecule has 0 aromatic carbocycles. The van der Waals surface area contributed by atoms with Gasteiger partial charge < -0.3 is 20.3 Å². The molecular formula is C91H181NO5. The fourth-order valence-corrected chi connectivity index (χ4v) is 15.2. The monoisotopic (exact) mass is 1370 g/mol. The number of aliphatic hydroxyl groups is 2. The first-order chi connectivity index (χ1) is 48.0. The van der Waals surface area contributed by atoms with Crippen LogP contribution in [0.15, 0.2) is 0 Å². The van der Waals surface area contributed by atoms with E-state index in [2.05, 4.69) is 19.2 Å². The van der Waals surface area contributed by atoms with Gasteiger partial charge in [-0.2, -0.15) is 0 Å². The second-order valence-corrected chi connectivity index (χ2v) is 32.0. The Kier molecular flexibility index (Phi) is 86.2. The highest BCUT2D eigenvalue weighted by molar-refractivity contribution is 5.76. The molecule has 0 saturated heterocycles. The zero-order valence-corrected chi connectivity index (χ0v) is 66.9. The van der Waals surface area contributed by atoms with Gasteiger partial charge in [-0.1, -0.05) is 508 Å². The Bertz CT molecular complexity index is 1440. The van der Waals surface area contributed by atoms with Crippen LogP contribution in [0.5, 0.6) is 0 Å². The number of hydrogen-bond donors (Lipinski definition) is 3. The van der Waals surface area contributed by atoms with Gasteiger partial charge in [0.05, 0.1) is 25.4 Å². The average Bonchev–Trinajstić information content (AvgIpc) is 3.39. The molecule has 0 radical (unpaired) electrons. The molecule has 1 amide bonds. The fraction of sp³-hybridized carbons (Fsp3) is 0.978. The van der Waals surface area contributed by atoms with Crippen molar-refractivity contribution in [3.8, 4) is 0 Å². The summed E-state index contributed by atoms with van der Waals surface area (Å²) < 4.78 is 5.53. The first kappa shape index (κ1) is 95.9. The van der Waals surface area contributed by atoms with E-state index in [1.165, 1.54) is 475 Å². The predicted molar refractivity (Wildman–Crippen MR) is 431 cm³/mol. The number of rotatable bonds is 88. The lowest BCUT2D eigenvalue weighted by atomic mass is 10.0. The standard InChI is InChI=1S/C91H181NO5/c1-3-5-7-9-11-13-15-17-19-21-23-24-42-45-48-51-55-59-63-67-71-75-79-83-89(94)88(87-93)92-90(95)84-80-76-72-68-64-60-56-52-49-46-43-40-38-36-34-32-30-28-26-25-27-29-31-33-35-37-39-41-44-47-50-54-58-62-66-70-74-78-82-86-97-91(96)85-81-77-73-69-65-61-57-53-22-20-18-16-14-12-10-8-6-4-2/h88-89,93-94H,3-87H2,1-2H3,(H,92,95). The lowest BCUT2D eigenvalue weighted by Crippen LogP contribution is -2.45. The van der Waals surface area contributed by atoms with Crippen molar-refractivity contribution in [2.75, 3.05) is 13.2 Å². The van der Waals surface area contributed by atoms with Crippen LogP contribution in [0.25, 0.3) is 0 Å². The van der Waals surface area contributed by atoms with Crippen molar-refractivity contribution < 1.29 is 24.5 Å². The van der Waals surface area contributed by atoms with E-state index in [0.29, 0.717) is 25.9 Å². The van der Waals surface area contributed by atoms with Crippen LogP contribution in [-0.4, -0.2) is 47.4 Å². The van der Waals surface area contributed by atoms with Crippen molar-refractivity contribution in [1.29, 1.82) is 0 Å². The molecule has 3 N–H and O–H groups in total. The minimum atomic E-state index is -0.661. The molecule has 2 unspecified atom stereocenters. The molecule has 0 aromatic heterocycles. The number of ether oxygens (including phenoxy) is 1. The third-order valence-electron chi connectivity index (χ3n) is 22.2. The minimum Gasteiger partial charge on any atom is -0.466 e. The van der Waals surface area contributed by atoms with E-state index >= 15 is 0 Å². The van der Waals surface area contributed by atoms with Crippen LogP contribution in [0.4, 0.5) is 0 Å². The molecule has 0 rings (SSSR count). The largest absolute Gasteiger partial charge is 0.466 e. The highest BCUT2D eigenvalue weighted by Gasteiger charge is 2.20. The average molecular weight is 1370 g/mol. The van der Waals surface area contributed by atoms with E-state index in [-0.39, 0.29) is 18.5 Å². The summed E-state index contributed by atoms with van der Waals surface area (Å²) in [5.41, 5.74) is 0. The van der Waals surface area contributed by atoms with Crippen molar-refractivity contribution in [2.45, 2.75) is 559 Å². The second kappa shape index (κ2) is 87.3. The van der Waals surface area contributed by atoms with Crippen LogP contribution in [0.2, 0.25) is 0 Å². The maximum absolute atomic E-state index is 12.6. The van der Waals surface area contributed by atoms with Crippen LogP contribution >= 0.6 is 0 Å². The number of amides is 1. The summed E-state index contributed by atoms with van der Waals surface area (Å²) in [5, 5.41) is 23.5. The summed E-state index contributed by atoms with van der Waals surface area (Å²) in [6.45, 7) is 5.04. The number of hydrogen-bond acceptors (Lipinski definition) is 5. The van der Waals surface area contributed by atoms with Crippen LogP contribution < -0.4 is 5.32 Å². The fourth-order valence-electron chi connectivity index (χ4n) is 15.2. The van der Waals surface area contributed by atoms with Gasteiger partial charge in [0.2, 0.25) is 5.91 Å². The molecule has 0 aliphatic heterocycles. The van der Waals surface area contributed by atoms with Crippen molar-refractivity contribution in [3.63, 3.8) is 0 Å². The zero-order valence-electron chi connectivity index (χ0n) is 66.9. The van der Waals surface area contributed by atoms with Gasteiger partial charge in [0, 0.05) is 12.8 Å². The summed E-state index contributed by atoms with van der Waals surface area (Å²) in [6, 6.07) is -0.537. The second-order valence-electron chi connectivity index (χ2n) is 32.0. The maximum atomic E-state index is 12.6. The first-order valence-electron chi connectivity index (χ1n) is 45.8. The van der Waals surface area contributed by atoms with Gasteiger partial charge in [-0.25, -0.2) is 0 Å². The van der Waals surface area contributed by atoms with Gasteiger partial charge in [-0.3, -0.25) is 9.59 Å². The van der Waals surface area contributed by atoms with E-state index in [9.17, 15) is 19.8 Å². The van der Waals surface area contributed by atoms with E-state index in [1.807, 2.05) is 0 Å². The topological polar surface area (TPSA) is 95.9 Å². The normalized spacial score (nSPS) is 12.3. The summed E-state index contributed by atoms with van der Waals surface area (Å²) >= 11 is 0. The Morgan fingerprint density at radius 2 is 0.423 bits per heavy atom. The molecule has 97 heavy (non-hydrogen) atoms. The van der Waals surface area contributed by atoms with Crippen LogP contribution in [0, 0.1) is 0 Å². The Balaban J connectivity index is 3.28. The molecule has 0 fully saturated rings. The molecule has 0 saturated carbocycles. The van der Waals surface area contributed by atoms with Gasteiger partial charge in [0.25, 0.3) is 0 Å².